The summed E-state index contributed by atoms with van der Waals surface area (Å²) in [6.07, 6.45) is -4.77. The van der Waals surface area contributed by atoms with Crippen molar-refractivity contribution in [1.29, 1.82) is 0 Å². The monoisotopic (exact) mass is 520 g/mol. The summed E-state index contributed by atoms with van der Waals surface area (Å²) in [6.45, 7) is 3.86. The summed E-state index contributed by atoms with van der Waals surface area (Å²) >= 11 is 0. The average molecular weight is 520 g/mol. The number of phenols is 1. The molecule has 0 saturated carbocycles. The molecule has 0 aliphatic carbocycles. The molecule has 1 amide bonds. The topological polar surface area (TPSA) is 137 Å². The number of nitrogens with zero attached hydrogens (tertiary/aromatic N) is 2. The Kier molecular flexibility index (Phi) is 7.53. The lowest BCUT2D eigenvalue weighted by molar-refractivity contribution is -0.192. The summed E-state index contributed by atoms with van der Waals surface area (Å²) < 4.78 is 43.0. The zero-order valence-electron chi connectivity index (χ0n) is 19.3. The van der Waals surface area contributed by atoms with E-state index in [0.717, 1.165) is 37.6 Å². The second kappa shape index (κ2) is 10.8. The SMILES string of the molecule is O=C(O)C(F)(F)F.O=C1CCOc2cc(-c3cccc(-c4cc(N5CCNCC5)no4)c3O)ccc2N1. The molecule has 5 rings (SSSR count). The maximum Gasteiger partial charge on any atom is 0.490 e. The summed E-state index contributed by atoms with van der Waals surface area (Å²) in [5.74, 6) is -0.849. The maximum atomic E-state index is 11.7. The van der Waals surface area contributed by atoms with Crippen molar-refractivity contribution < 1.29 is 42.2 Å². The van der Waals surface area contributed by atoms with Crippen LogP contribution in [0.5, 0.6) is 11.5 Å². The van der Waals surface area contributed by atoms with Crippen LogP contribution in [0.2, 0.25) is 0 Å². The summed E-state index contributed by atoms with van der Waals surface area (Å²) in [7, 11) is 0. The van der Waals surface area contributed by atoms with Crippen LogP contribution in [0.1, 0.15) is 6.42 Å². The number of aromatic hydroxyl groups is 1. The van der Waals surface area contributed by atoms with Gasteiger partial charge in [0.05, 0.1) is 24.3 Å². The van der Waals surface area contributed by atoms with Crippen LogP contribution < -0.4 is 20.3 Å². The number of aromatic nitrogens is 1. The number of rotatable bonds is 3. The first-order valence-electron chi connectivity index (χ1n) is 11.3. The molecule has 0 spiro atoms. The molecular formula is C24H23F3N4O6. The fraction of sp³-hybridized carbons (Fsp3) is 0.292. The lowest BCUT2D eigenvalue weighted by Crippen LogP contribution is -2.43. The number of hydrogen-bond acceptors (Lipinski definition) is 8. The average Bonchev–Trinajstić information content (AvgIpc) is 3.28. The first-order valence-corrected chi connectivity index (χ1v) is 11.3. The van der Waals surface area contributed by atoms with Gasteiger partial charge in [-0.25, -0.2) is 4.79 Å². The molecule has 1 fully saturated rings. The van der Waals surface area contributed by atoms with Crippen molar-refractivity contribution in [2.24, 2.45) is 0 Å². The number of piperazine rings is 1. The second-order valence-corrected chi connectivity index (χ2v) is 8.15. The van der Waals surface area contributed by atoms with Gasteiger partial charge in [-0.15, -0.1) is 0 Å². The normalized spacial score (nSPS) is 15.4. The highest BCUT2D eigenvalue weighted by Gasteiger charge is 2.38. The molecule has 3 heterocycles. The van der Waals surface area contributed by atoms with Crippen LogP contribution in [0.15, 0.2) is 47.0 Å². The van der Waals surface area contributed by atoms with E-state index in [2.05, 4.69) is 20.7 Å². The molecule has 3 aromatic rings. The van der Waals surface area contributed by atoms with Crippen molar-refractivity contribution in [2.45, 2.75) is 12.6 Å². The van der Waals surface area contributed by atoms with Gasteiger partial charge < -0.3 is 35.0 Å². The van der Waals surface area contributed by atoms with Crippen LogP contribution in [0.3, 0.4) is 0 Å². The number of carboxylic acids is 1. The summed E-state index contributed by atoms with van der Waals surface area (Å²) in [4.78, 5) is 22.8. The fourth-order valence-electron chi connectivity index (χ4n) is 3.79. The number of hydrogen-bond donors (Lipinski definition) is 4. The number of alkyl halides is 3. The third kappa shape index (κ3) is 6.12. The van der Waals surface area contributed by atoms with E-state index in [4.69, 9.17) is 19.2 Å². The number of halogens is 3. The molecule has 0 radical (unpaired) electrons. The zero-order chi connectivity index (χ0) is 26.6. The van der Waals surface area contributed by atoms with E-state index < -0.39 is 12.1 Å². The largest absolute Gasteiger partial charge is 0.507 e. The van der Waals surface area contributed by atoms with Gasteiger partial charge in [-0.1, -0.05) is 23.4 Å². The molecule has 2 aliphatic heterocycles. The number of ether oxygens (including phenoxy) is 1. The molecule has 0 atom stereocenters. The fourth-order valence-corrected chi connectivity index (χ4v) is 3.79. The van der Waals surface area contributed by atoms with Crippen LogP contribution in [0.25, 0.3) is 22.5 Å². The van der Waals surface area contributed by atoms with Crippen molar-refractivity contribution in [3.8, 4) is 33.9 Å². The van der Waals surface area contributed by atoms with Gasteiger partial charge >= 0.3 is 12.1 Å². The number of amides is 1. The Morgan fingerprint density at radius 2 is 1.78 bits per heavy atom. The van der Waals surface area contributed by atoms with E-state index in [-0.39, 0.29) is 11.7 Å². The number of carbonyl (C=O) groups excluding carboxylic acids is 1. The van der Waals surface area contributed by atoms with Crippen LogP contribution in [-0.2, 0) is 9.59 Å². The lowest BCUT2D eigenvalue weighted by Gasteiger charge is -2.26. The standard InChI is InChI=1S/C22H22N4O4.C2HF3O2/c27-21-6-11-29-19-12-14(4-5-17(19)24-21)15-2-1-3-16(22(15)28)18-13-20(25-30-18)26-9-7-23-8-10-26;3-2(4,5)1(6)7/h1-5,12-13,23,28H,6-11H2,(H,24,27);(H,6,7). The van der Waals surface area contributed by atoms with Gasteiger partial charge in [-0.05, 0) is 23.8 Å². The number of carboxylic acid groups (broad SMARTS) is 1. The third-order valence-electron chi connectivity index (χ3n) is 5.64. The number of fused-ring (bicyclic) bond motifs is 1. The second-order valence-electron chi connectivity index (χ2n) is 8.15. The van der Waals surface area contributed by atoms with Gasteiger partial charge in [-0.2, -0.15) is 13.2 Å². The van der Waals surface area contributed by atoms with Crippen LogP contribution >= 0.6 is 0 Å². The zero-order valence-corrected chi connectivity index (χ0v) is 19.3. The Bertz CT molecular complexity index is 1290. The molecule has 2 aromatic carbocycles. The highest BCUT2D eigenvalue weighted by molar-refractivity contribution is 5.94. The van der Waals surface area contributed by atoms with Crippen molar-refractivity contribution in [1.82, 2.24) is 10.5 Å². The van der Waals surface area contributed by atoms with E-state index in [1.54, 1.807) is 12.1 Å². The molecular weight excluding hydrogens is 497 g/mol. The molecule has 196 valence electrons. The predicted octanol–water partition coefficient (Wildman–Crippen LogP) is 3.48. The van der Waals surface area contributed by atoms with E-state index in [9.17, 15) is 23.1 Å². The number of carbonyl (C=O) groups is 2. The number of nitrogens with one attached hydrogen (secondary N) is 2. The van der Waals surface area contributed by atoms with Gasteiger partial charge in [-0.3, -0.25) is 4.79 Å². The van der Waals surface area contributed by atoms with Gasteiger partial charge in [0.15, 0.2) is 11.6 Å². The number of aliphatic carboxylic acids is 1. The molecule has 37 heavy (non-hydrogen) atoms. The Labute approximate surface area is 208 Å². The number of para-hydroxylation sites is 1. The van der Waals surface area contributed by atoms with Crippen LogP contribution in [-0.4, -0.2) is 66.2 Å². The first-order chi connectivity index (χ1) is 17.6. The highest BCUT2D eigenvalue weighted by atomic mass is 19.4. The first kappa shape index (κ1) is 25.8. The summed E-state index contributed by atoms with van der Waals surface area (Å²) in [5, 5.41) is 28.4. The molecule has 1 saturated heterocycles. The van der Waals surface area contributed by atoms with Crippen molar-refractivity contribution in [3.63, 3.8) is 0 Å². The number of phenolic OH excluding ortho intramolecular Hbond substituents is 1. The van der Waals surface area contributed by atoms with E-state index in [1.165, 1.54) is 0 Å². The summed E-state index contributed by atoms with van der Waals surface area (Å²) in [5.41, 5.74) is 2.64. The minimum Gasteiger partial charge on any atom is -0.507 e. The molecule has 0 unspecified atom stereocenters. The van der Waals surface area contributed by atoms with Gasteiger partial charge in [0.1, 0.15) is 11.5 Å². The molecule has 4 N–H and O–H groups in total. The van der Waals surface area contributed by atoms with Crippen molar-refractivity contribution in [3.05, 3.63) is 42.5 Å². The van der Waals surface area contributed by atoms with E-state index in [1.807, 2.05) is 30.3 Å². The minimum atomic E-state index is -5.08. The lowest BCUT2D eigenvalue weighted by atomic mass is 9.99. The Morgan fingerprint density at radius 1 is 1.08 bits per heavy atom. The van der Waals surface area contributed by atoms with Gasteiger partial charge in [0.25, 0.3) is 0 Å². The molecule has 10 nitrogen and oxygen atoms in total. The predicted molar refractivity (Wildman–Crippen MR) is 127 cm³/mol. The Hall–Kier alpha value is -4.26. The van der Waals surface area contributed by atoms with Gasteiger partial charge in [0, 0.05) is 37.8 Å². The van der Waals surface area contributed by atoms with E-state index in [0.29, 0.717) is 41.4 Å². The number of benzene rings is 2. The number of anilines is 2. The Morgan fingerprint density at radius 3 is 2.49 bits per heavy atom. The van der Waals surface area contributed by atoms with Gasteiger partial charge in [0.2, 0.25) is 5.91 Å². The summed E-state index contributed by atoms with van der Waals surface area (Å²) in [6, 6.07) is 12.8. The van der Waals surface area contributed by atoms with Crippen LogP contribution in [0.4, 0.5) is 24.7 Å². The third-order valence-corrected chi connectivity index (χ3v) is 5.64. The minimum absolute atomic E-state index is 0.0723. The quantitative estimate of drug-likeness (QED) is 0.409. The van der Waals surface area contributed by atoms with Crippen molar-refractivity contribution in [2.75, 3.05) is 43.0 Å². The smallest absolute Gasteiger partial charge is 0.490 e. The highest BCUT2D eigenvalue weighted by Crippen LogP contribution is 2.41. The molecule has 2 aliphatic rings. The molecule has 0 bridgehead atoms. The van der Waals surface area contributed by atoms with Crippen molar-refractivity contribution >= 4 is 23.4 Å². The maximum absolute atomic E-state index is 11.7. The molecule has 1 aromatic heterocycles. The Balaban J connectivity index is 0.000000405. The van der Waals surface area contributed by atoms with Crippen LogP contribution in [0, 0.1) is 0 Å². The van der Waals surface area contributed by atoms with E-state index >= 15 is 0 Å². The molecule has 13 heteroatoms.